The van der Waals surface area contributed by atoms with Crippen molar-refractivity contribution in [1.29, 1.82) is 5.26 Å². The van der Waals surface area contributed by atoms with Crippen LogP contribution in [0.2, 0.25) is 0 Å². The number of nitrogens with zero attached hydrogens (tertiary/aromatic N) is 3. The molecule has 5 nitrogen and oxygen atoms in total. The second-order valence-electron chi connectivity index (χ2n) is 6.28. The summed E-state index contributed by atoms with van der Waals surface area (Å²) in [7, 11) is 0. The van der Waals surface area contributed by atoms with Gasteiger partial charge in [0.1, 0.15) is 5.75 Å². The Labute approximate surface area is 160 Å². The first kappa shape index (κ1) is 18.5. The number of nitriles is 1. The molecule has 3 rings (SSSR count). The number of ether oxygens (including phenoxy) is 1. The lowest BCUT2D eigenvalue weighted by atomic mass is 10.1. The largest absolute Gasteiger partial charge is 0.492 e. The molecule has 2 aromatic rings. The number of anilines is 1. The number of carbonyl (C=O) groups excluding carboxylic acids is 1. The molecule has 0 bridgehead atoms. The summed E-state index contributed by atoms with van der Waals surface area (Å²) in [6.45, 7) is 5.53. The number of rotatable bonds is 5. The zero-order chi connectivity index (χ0) is 19.1. The second-order valence-corrected chi connectivity index (χ2v) is 6.28. The highest BCUT2D eigenvalue weighted by Crippen LogP contribution is 2.28. The fourth-order valence-corrected chi connectivity index (χ4v) is 3.11. The monoisotopic (exact) mass is 361 g/mol. The molecule has 0 atom stereocenters. The van der Waals surface area contributed by atoms with Crippen LogP contribution in [-0.4, -0.2) is 43.6 Å². The number of hydrogen-bond donors (Lipinski definition) is 0. The third-order valence-electron chi connectivity index (χ3n) is 4.56. The predicted molar refractivity (Wildman–Crippen MR) is 107 cm³/mol. The van der Waals surface area contributed by atoms with Crippen LogP contribution in [0.15, 0.2) is 54.6 Å². The molecule has 5 heteroatoms. The highest BCUT2D eigenvalue weighted by molar-refractivity contribution is 5.92. The maximum Gasteiger partial charge on any atom is 0.246 e. The van der Waals surface area contributed by atoms with Crippen molar-refractivity contribution in [2.75, 3.05) is 37.7 Å². The van der Waals surface area contributed by atoms with E-state index in [0.717, 1.165) is 30.1 Å². The van der Waals surface area contributed by atoms with E-state index in [-0.39, 0.29) is 5.91 Å². The fraction of sp³-hybridized carbons (Fsp3) is 0.273. The van der Waals surface area contributed by atoms with E-state index in [1.54, 1.807) is 24.3 Å². The lowest BCUT2D eigenvalue weighted by Gasteiger charge is -2.36. The first-order valence-electron chi connectivity index (χ1n) is 9.15. The van der Waals surface area contributed by atoms with Gasteiger partial charge in [-0.25, -0.2) is 0 Å². The minimum absolute atomic E-state index is 0.0112. The van der Waals surface area contributed by atoms with Crippen LogP contribution >= 0.6 is 0 Å². The average Bonchev–Trinajstić information content (AvgIpc) is 2.73. The van der Waals surface area contributed by atoms with Crippen molar-refractivity contribution in [2.24, 2.45) is 0 Å². The Kier molecular flexibility index (Phi) is 6.11. The van der Waals surface area contributed by atoms with E-state index in [0.29, 0.717) is 25.3 Å². The van der Waals surface area contributed by atoms with Crippen molar-refractivity contribution in [3.05, 3.63) is 65.7 Å². The van der Waals surface area contributed by atoms with Crippen LogP contribution in [-0.2, 0) is 4.79 Å². The molecule has 1 aliphatic heterocycles. The maximum absolute atomic E-state index is 12.5. The number of piperazine rings is 1. The second kappa shape index (κ2) is 8.91. The van der Waals surface area contributed by atoms with Crippen LogP contribution < -0.4 is 9.64 Å². The Hall–Kier alpha value is -3.26. The molecule has 1 saturated heterocycles. The van der Waals surface area contributed by atoms with E-state index in [2.05, 4.69) is 17.0 Å². The summed E-state index contributed by atoms with van der Waals surface area (Å²) < 4.78 is 5.72. The summed E-state index contributed by atoms with van der Waals surface area (Å²) in [5, 5.41) is 8.83. The molecular weight excluding hydrogens is 338 g/mol. The molecule has 1 amide bonds. The van der Waals surface area contributed by atoms with Crippen LogP contribution in [0.4, 0.5) is 5.69 Å². The van der Waals surface area contributed by atoms with Crippen LogP contribution in [0.3, 0.4) is 0 Å². The predicted octanol–water partition coefficient (Wildman–Crippen LogP) is 3.32. The lowest BCUT2D eigenvalue weighted by molar-refractivity contribution is -0.126. The molecule has 0 saturated carbocycles. The van der Waals surface area contributed by atoms with Gasteiger partial charge in [-0.2, -0.15) is 5.26 Å². The molecule has 27 heavy (non-hydrogen) atoms. The van der Waals surface area contributed by atoms with Gasteiger partial charge in [0.15, 0.2) is 0 Å². The van der Waals surface area contributed by atoms with Gasteiger partial charge in [-0.15, -0.1) is 0 Å². The smallest absolute Gasteiger partial charge is 0.246 e. The lowest BCUT2D eigenvalue weighted by Crippen LogP contribution is -2.48. The normalized spacial score (nSPS) is 14.2. The molecule has 138 valence electrons. The van der Waals surface area contributed by atoms with Gasteiger partial charge in [0.25, 0.3) is 0 Å². The highest BCUT2D eigenvalue weighted by atomic mass is 16.5. The van der Waals surface area contributed by atoms with Crippen LogP contribution in [0.25, 0.3) is 6.08 Å². The van der Waals surface area contributed by atoms with Gasteiger partial charge in [0.05, 0.1) is 23.9 Å². The first-order chi connectivity index (χ1) is 13.2. The quantitative estimate of drug-likeness (QED) is 0.767. The van der Waals surface area contributed by atoms with Gasteiger partial charge in [0.2, 0.25) is 5.91 Å². The summed E-state index contributed by atoms with van der Waals surface area (Å²) in [6.07, 6.45) is 3.39. The van der Waals surface area contributed by atoms with Gasteiger partial charge in [-0.05, 0) is 42.8 Å². The Morgan fingerprint density at radius 1 is 1.11 bits per heavy atom. The van der Waals surface area contributed by atoms with Gasteiger partial charge < -0.3 is 14.5 Å². The Morgan fingerprint density at radius 2 is 1.81 bits per heavy atom. The fourth-order valence-electron chi connectivity index (χ4n) is 3.11. The van der Waals surface area contributed by atoms with Crippen molar-refractivity contribution in [3.63, 3.8) is 0 Å². The SMILES string of the molecule is CCOc1ccccc1N1CCN(C(=O)/C=C/c2ccc(C#N)cc2)CC1. The zero-order valence-corrected chi connectivity index (χ0v) is 15.5. The van der Waals surface area contributed by atoms with E-state index in [1.165, 1.54) is 0 Å². The molecule has 0 aromatic heterocycles. The number of amides is 1. The minimum atomic E-state index is 0.0112. The number of benzene rings is 2. The maximum atomic E-state index is 12.5. The van der Waals surface area contributed by atoms with Gasteiger partial charge >= 0.3 is 0 Å². The molecule has 0 unspecified atom stereocenters. The molecule has 0 N–H and O–H groups in total. The molecule has 1 fully saturated rings. The van der Waals surface area contributed by atoms with Crippen molar-refractivity contribution >= 4 is 17.7 Å². The molecule has 2 aromatic carbocycles. The van der Waals surface area contributed by atoms with Crippen molar-refractivity contribution in [1.82, 2.24) is 4.90 Å². The Bertz CT molecular complexity index is 845. The third-order valence-corrected chi connectivity index (χ3v) is 4.56. The van der Waals surface area contributed by atoms with E-state index in [1.807, 2.05) is 42.2 Å². The molecule has 0 aliphatic carbocycles. The Balaban J connectivity index is 1.58. The Morgan fingerprint density at radius 3 is 2.48 bits per heavy atom. The van der Waals surface area contributed by atoms with Gasteiger partial charge in [-0.3, -0.25) is 4.79 Å². The van der Waals surface area contributed by atoms with Crippen molar-refractivity contribution < 1.29 is 9.53 Å². The highest BCUT2D eigenvalue weighted by Gasteiger charge is 2.21. The number of carbonyl (C=O) groups is 1. The van der Waals surface area contributed by atoms with Crippen LogP contribution in [0, 0.1) is 11.3 Å². The van der Waals surface area contributed by atoms with E-state index < -0.39 is 0 Å². The molecule has 1 heterocycles. The third kappa shape index (κ3) is 4.68. The summed E-state index contributed by atoms with van der Waals surface area (Å²) in [5.41, 5.74) is 2.60. The summed E-state index contributed by atoms with van der Waals surface area (Å²) >= 11 is 0. The topological polar surface area (TPSA) is 56.6 Å². The molecule has 1 aliphatic rings. The average molecular weight is 361 g/mol. The standard InChI is InChI=1S/C22H23N3O2/c1-2-27-21-6-4-3-5-20(21)24-13-15-25(16-14-24)22(26)12-11-18-7-9-19(17-23)10-8-18/h3-12H,2,13-16H2,1H3/b12-11+. The molecule has 0 radical (unpaired) electrons. The van der Waals surface area contributed by atoms with Gasteiger partial charge in [0, 0.05) is 32.3 Å². The number of hydrogen-bond acceptors (Lipinski definition) is 4. The van der Waals surface area contributed by atoms with E-state index in [9.17, 15) is 4.79 Å². The first-order valence-corrected chi connectivity index (χ1v) is 9.15. The summed E-state index contributed by atoms with van der Waals surface area (Å²) in [4.78, 5) is 16.6. The zero-order valence-electron chi connectivity index (χ0n) is 15.5. The van der Waals surface area contributed by atoms with Crippen LogP contribution in [0.5, 0.6) is 5.75 Å². The summed E-state index contributed by atoms with van der Waals surface area (Å²) in [5.74, 6) is 0.901. The van der Waals surface area contributed by atoms with E-state index >= 15 is 0 Å². The van der Waals surface area contributed by atoms with Crippen molar-refractivity contribution in [2.45, 2.75) is 6.92 Å². The van der Waals surface area contributed by atoms with Crippen LogP contribution in [0.1, 0.15) is 18.1 Å². The van der Waals surface area contributed by atoms with Gasteiger partial charge in [-0.1, -0.05) is 24.3 Å². The van der Waals surface area contributed by atoms with Crippen molar-refractivity contribution in [3.8, 4) is 11.8 Å². The molecular formula is C22H23N3O2. The molecule has 0 spiro atoms. The minimum Gasteiger partial charge on any atom is -0.492 e. The van der Waals surface area contributed by atoms with E-state index in [4.69, 9.17) is 10.00 Å². The number of para-hydroxylation sites is 2. The summed E-state index contributed by atoms with van der Waals surface area (Å²) in [6, 6.07) is 17.3.